The number of H-pyrrole nitrogens is 1. The van der Waals surface area contributed by atoms with Gasteiger partial charge in [0.1, 0.15) is 10.7 Å². The van der Waals surface area contributed by atoms with Gasteiger partial charge in [-0.05, 0) is 64.4 Å². The number of benzene rings is 1. The van der Waals surface area contributed by atoms with Crippen molar-refractivity contribution in [2.75, 3.05) is 13.2 Å². The topological polar surface area (TPSA) is 81.2 Å². The van der Waals surface area contributed by atoms with Gasteiger partial charge in [-0.3, -0.25) is 9.69 Å². The summed E-state index contributed by atoms with van der Waals surface area (Å²) in [6, 6.07) is 8.67. The molecular formula is C22H28N4O2S. The first kappa shape index (κ1) is 20.1. The third-order valence-corrected chi connectivity index (χ3v) is 6.12. The van der Waals surface area contributed by atoms with E-state index in [1.54, 1.807) is 0 Å². The van der Waals surface area contributed by atoms with Gasteiger partial charge in [-0.2, -0.15) is 0 Å². The molecule has 1 atom stereocenters. The minimum absolute atomic E-state index is 0.144. The Bertz CT molecular complexity index is 1020. The molecule has 0 unspecified atom stereocenters. The molecule has 2 aromatic heterocycles. The molecule has 3 heterocycles. The highest BCUT2D eigenvalue weighted by molar-refractivity contribution is 7.13. The number of hydrogen-bond donors (Lipinski definition) is 3. The lowest BCUT2D eigenvalue weighted by molar-refractivity contribution is 0.0915. The van der Waals surface area contributed by atoms with E-state index in [4.69, 9.17) is 0 Å². The highest BCUT2D eigenvalue weighted by atomic mass is 32.1. The highest BCUT2D eigenvalue weighted by Gasteiger charge is 2.24. The van der Waals surface area contributed by atoms with E-state index in [2.05, 4.69) is 38.4 Å². The highest BCUT2D eigenvalue weighted by Crippen LogP contribution is 2.29. The number of fused-ring (bicyclic) bond motifs is 1. The van der Waals surface area contributed by atoms with E-state index < -0.39 is 0 Å². The number of nitrogens with zero attached hydrogens (tertiary/aromatic N) is 2. The monoisotopic (exact) mass is 412 g/mol. The first-order valence-electron chi connectivity index (χ1n) is 10.1. The van der Waals surface area contributed by atoms with Crippen LogP contribution in [0.1, 0.15) is 49.8 Å². The van der Waals surface area contributed by atoms with E-state index in [9.17, 15) is 9.90 Å². The van der Waals surface area contributed by atoms with Crippen LogP contribution in [-0.2, 0) is 6.54 Å². The van der Waals surface area contributed by atoms with Crippen molar-refractivity contribution in [3.8, 4) is 10.6 Å². The summed E-state index contributed by atoms with van der Waals surface area (Å²) in [4.78, 5) is 22.7. The Morgan fingerprint density at radius 2 is 2.21 bits per heavy atom. The third-order valence-electron chi connectivity index (χ3n) is 5.23. The lowest BCUT2D eigenvalue weighted by Crippen LogP contribution is -2.40. The van der Waals surface area contributed by atoms with E-state index in [0.717, 1.165) is 53.1 Å². The maximum absolute atomic E-state index is 12.3. The number of nitrogens with one attached hydrogen (secondary N) is 2. The number of aromatic amines is 1. The second kappa shape index (κ2) is 7.89. The summed E-state index contributed by atoms with van der Waals surface area (Å²) in [6.07, 6.45) is 2.21. The average Bonchev–Trinajstić information content (AvgIpc) is 3.38. The summed E-state index contributed by atoms with van der Waals surface area (Å²) in [5, 5.41) is 16.3. The van der Waals surface area contributed by atoms with Crippen LogP contribution in [0.3, 0.4) is 0 Å². The van der Waals surface area contributed by atoms with Crippen LogP contribution in [0.5, 0.6) is 0 Å². The number of carbonyl (C=O) groups excluding carboxylic acids is 1. The minimum Gasteiger partial charge on any atom is -0.395 e. The van der Waals surface area contributed by atoms with Crippen LogP contribution in [0.15, 0.2) is 29.6 Å². The zero-order valence-corrected chi connectivity index (χ0v) is 18.0. The molecular weight excluding hydrogens is 384 g/mol. The van der Waals surface area contributed by atoms with Crippen molar-refractivity contribution in [2.24, 2.45) is 0 Å². The first-order valence-corrected chi connectivity index (χ1v) is 11.0. The van der Waals surface area contributed by atoms with Crippen molar-refractivity contribution in [2.45, 2.75) is 51.7 Å². The van der Waals surface area contributed by atoms with Crippen LogP contribution >= 0.6 is 11.3 Å². The third kappa shape index (κ3) is 4.52. The summed E-state index contributed by atoms with van der Waals surface area (Å²) in [5.74, 6) is -0.144. The molecule has 7 heteroatoms. The Morgan fingerprint density at radius 3 is 2.97 bits per heavy atom. The van der Waals surface area contributed by atoms with Crippen LogP contribution in [0.25, 0.3) is 21.5 Å². The van der Waals surface area contributed by atoms with Crippen molar-refractivity contribution >= 4 is 28.1 Å². The standard InChI is InChI=1S/C22H28N4O2S/c1-22(2,3)25-20(28)19-13-29-21(24-19)14-6-7-18-15(9-14)10-16(23-18)11-26-8-4-5-17(26)12-27/h6-7,9-10,13,17,23,27H,4-5,8,11-12H2,1-3H3,(H,25,28)/t17-/m1/s1. The summed E-state index contributed by atoms with van der Waals surface area (Å²) < 4.78 is 0. The molecule has 0 spiro atoms. The zero-order valence-electron chi connectivity index (χ0n) is 17.2. The SMILES string of the molecule is CC(C)(C)NC(=O)c1csc(-c2ccc3[nH]c(CN4CCC[C@@H]4CO)cc3c2)n1. The summed E-state index contributed by atoms with van der Waals surface area (Å²) in [5.41, 5.74) is 3.43. The summed E-state index contributed by atoms with van der Waals surface area (Å²) in [7, 11) is 0. The molecule has 1 aliphatic heterocycles. The number of aliphatic hydroxyl groups excluding tert-OH is 1. The Hall–Kier alpha value is -2.22. The van der Waals surface area contributed by atoms with Gasteiger partial charge in [0.05, 0.1) is 6.61 Å². The number of carbonyl (C=O) groups is 1. The molecule has 1 saturated heterocycles. The Labute approximate surface area is 175 Å². The van der Waals surface area contributed by atoms with Crippen LogP contribution in [-0.4, -0.2) is 50.6 Å². The Balaban J connectivity index is 1.53. The molecule has 4 rings (SSSR count). The van der Waals surface area contributed by atoms with E-state index in [1.807, 2.05) is 32.2 Å². The van der Waals surface area contributed by atoms with Crippen molar-refractivity contribution in [1.82, 2.24) is 20.2 Å². The number of aliphatic hydroxyl groups is 1. The normalized spacial score (nSPS) is 17.9. The van der Waals surface area contributed by atoms with Gasteiger partial charge in [0.2, 0.25) is 0 Å². The van der Waals surface area contributed by atoms with Crippen LogP contribution < -0.4 is 5.32 Å². The fraction of sp³-hybridized carbons (Fsp3) is 0.455. The fourth-order valence-corrected chi connectivity index (χ4v) is 4.65. The number of likely N-dealkylation sites (tertiary alicyclic amines) is 1. The van der Waals surface area contributed by atoms with Crippen molar-refractivity contribution in [3.05, 3.63) is 41.0 Å². The second-order valence-electron chi connectivity index (χ2n) is 8.79. The molecule has 0 radical (unpaired) electrons. The molecule has 3 aromatic rings. The van der Waals surface area contributed by atoms with Crippen molar-refractivity contribution < 1.29 is 9.90 Å². The molecule has 6 nitrogen and oxygen atoms in total. The molecule has 1 aliphatic rings. The predicted molar refractivity (Wildman–Crippen MR) is 117 cm³/mol. The predicted octanol–water partition coefficient (Wildman–Crippen LogP) is 3.78. The minimum atomic E-state index is -0.286. The number of aromatic nitrogens is 2. The van der Waals surface area contributed by atoms with Gasteiger partial charge in [0, 0.05) is 45.7 Å². The van der Waals surface area contributed by atoms with Gasteiger partial charge in [0.15, 0.2) is 0 Å². The van der Waals surface area contributed by atoms with Crippen molar-refractivity contribution in [1.29, 1.82) is 0 Å². The summed E-state index contributed by atoms with van der Waals surface area (Å²) in [6.45, 7) is 7.95. The average molecular weight is 413 g/mol. The number of hydrogen-bond acceptors (Lipinski definition) is 5. The quantitative estimate of drug-likeness (QED) is 0.596. The van der Waals surface area contributed by atoms with Gasteiger partial charge in [-0.15, -0.1) is 11.3 Å². The van der Waals surface area contributed by atoms with E-state index in [-0.39, 0.29) is 24.1 Å². The fourth-order valence-electron chi connectivity index (χ4n) is 3.86. The number of amides is 1. The van der Waals surface area contributed by atoms with Gasteiger partial charge < -0.3 is 15.4 Å². The molecule has 3 N–H and O–H groups in total. The van der Waals surface area contributed by atoms with Gasteiger partial charge in [0.25, 0.3) is 5.91 Å². The number of rotatable bonds is 5. The number of thiazole rings is 1. The molecule has 1 fully saturated rings. The van der Waals surface area contributed by atoms with E-state index in [0.29, 0.717) is 5.69 Å². The van der Waals surface area contributed by atoms with Gasteiger partial charge >= 0.3 is 0 Å². The zero-order chi connectivity index (χ0) is 20.6. The van der Waals surface area contributed by atoms with Crippen LogP contribution in [0.4, 0.5) is 0 Å². The molecule has 1 aromatic carbocycles. The van der Waals surface area contributed by atoms with Gasteiger partial charge in [-0.25, -0.2) is 4.98 Å². The molecule has 1 amide bonds. The van der Waals surface area contributed by atoms with E-state index >= 15 is 0 Å². The van der Waals surface area contributed by atoms with Gasteiger partial charge in [-0.1, -0.05) is 0 Å². The van der Waals surface area contributed by atoms with E-state index in [1.165, 1.54) is 11.3 Å². The summed E-state index contributed by atoms with van der Waals surface area (Å²) >= 11 is 1.48. The lowest BCUT2D eigenvalue weighted by Gasteiger charge is -2.21. The molecule has 0 aliphatic carbocycles. The van der Waals surface area contributed by atoms with Crippen molar-refractivity contribution in [3.63, 3.8) is 0 Å². The molecule has 0 bridgehead atoms. The maximum atomic E-state index is 12.3. The second-order valence-corrected chi connectivity index (χ2v) is 9.65. The largest absolute Gasteiger partial charge is 0.395 e. The smallest absolute Gasteiger partial charge is 0.271 e. The maximum Gasteiger partial charge on any atom is 0.271 e. The lowest BCUT2D eigenvalue weighted by atomic mass is 10.1. The Morgan fingerprint density at radius 1 is 1.38 bits per heavy atom. The molecule has 29 heavy (non-hydrogen) atoms. The Kier molecular flexibility index (Phi) is 5.46. The van der Waals surface area contributed by atoms with Crippen LogP contribution in [0, 0.1) is 0 Å². The molecule has 154 valence electrons. The first-order chi connectivity index (χ1) is 13.8. The molecule has 0 saturated carbocycles. The van der Waals surface area contributed by atoms with Crippen LogP contribution in [0.2, 0.25) is 0 Å².